The van der Waals surface area contributed by atoms with Crippen molar-refractivity contribution in [2.45, 2.75) is 59.8 Å². The number of hydrogen-bond acceptors (Lipinski definition) is 0. The summed E-state index contributed by atoms with van der Waals surface area (Å²) in [5.41, 5.74) is 18.2. The van der Waals surface area contributed by atoms with Gasteiger partial charge in [-0.05, 0) is 174 Å². The summed E-state index contributed by atoms with van der Waals surface area (Å²) in [5.74, 6) is 0. The first-order valence-electron chi connectivity index (χ1n) is 24.6. The minimum Gasteiger partial charge on any atom is -0.0918 e. The molecule has 0 amide bonds. The number of hydrogen-bond donors (Lipinski definition) is 0. The van der Waals surface area contributed by atoms with Crippen LogP contribution in [0.2, 0.25) is 0 Å². The quantitative estimate of drug-likeness (QED) is 0.116. The van der Waals surface area contributed by atoms with Gasteiger partial charge < -0.3 is 0 Å². The van der Waals surface area contributed by atoms with E-state index in [1.165, 1.54) is 38.6 Å². The lowest BCUT2D eigenvalue weighted by molar-refractivity contribution is 1.17. The molecule has 0 nitrogen and oxygen atoms in total. The first-order chi connectivity index (χ1) is 33.8. The molecule has 8 rings (SSSR count). The van der Waals surface area contributed by atoms with Crippen molar-refractivity contribution in [3.63, 3.8) is 0 Å². The molecule has 3 aliphatic carbocycles. The number of rotatable bonds is 11. The van der Waals surface area contributed by atoms with Crippen LogP contribution >= 0.6 is 0 Å². The molecule has 0 saturated carbocycles. The summed E-state index contributed by atoms with van der Waals surface area (Å²) in [5, 5.41) is 4.47. The van der Waals surface area contributed by atoms with Gasteiger partial charge in [0.1, 0.15) is 0 Å². The predicted molar refractivity (Wildman–Crippen MR) is 306 cm³/mol. The predicted octanol–water partition coefficient (Wildman–Crippen LogP) is 17.4. The van der Waals surface area contributed by atoms with Crippen LogP contribution < -0.4 is 10.4 Å². The zero-order valence-corrected chi connectivity index (χ0v) is 41.1. The highest BCUT2D eigenvalue weighted by Gasteiger charge is 2.24. The largest absolute Gasteiger partial charge is 0.0918 e. The van der Waals surface area contributed by atoms with E-state index >= 15 is 0 Å². The molecule has 0 bridgehead atoms. The lowest BCUT2D eigenvalue weighted by atomic mass is 9.81. The topological polar surface area (TPSA) is 0 Å². The molecular weight excluding hydrogens is 829 g/mol. The highest BCUT2D eigenvalue weighted by molar-refractivity contribution is 6.08. The van der Waals surface area contributed by atoms with E-state index in [0.29, 0.717) is 0 Å². The van der Waals surface area contributed by atoms with Gasteiger partial charge in [-0.2, -0.15) is 0 Å². The van der Waals surface area contributed by atoms with E-state index in [2.05, 4.69) is 252 Å². The fraction of sp³-hybridized carbons (Fsp3) is 0.130. The molecule has 5 aromatic rings. The molecule has 0 atom stereocenters. The fourth-order valence-corrected chi connectivity index (χ4v) is 9.12. The minimum absolute atomic E-state index is 0.764. The van der Waals surface area contributed by atoms with E-state index in [4.69, 9.17) is 6.58 Å². The summed E-state index contributed by atoms with van der Waals surface area (Å²) in [4.78, 5) is 0. The van der Waals surface area contributed by atoms with Gasteiger partial charge in [-0.15, -0.1) is 0 Å². The van der Waals surface area contributed by atoms with Crippen LogP contribution in [0.5, 0.6) is 0 Å². The van der Waals surface area contributed by atoms with Crippen molar-refractivity contribution >= 4 is 39.6 Å². The maximum atomic E-state index is 4.93. The Bertz CT molecular complexity index is 3270. The second-order valence-electron chi connectivity index (χ2n) is 17.3. The average molecular weight is 895 g/mol. The zero-order valence-electron chi connectivity index (χ0n) is 41.1. The van der Waals surface area contributed by atoms with Crippen LogP contribution in [0.1, 0.15) is 74.8 Å². The maximum absolute atomic E-state index is 4.93. The van der Waals surface area contributed by atoms with E-state index in [0.717, 1.165) is 104 Å². The second kappa shape index (κ2) is 24.3. The van der Waals surface area contributed by atoms with E-state index in [9.17, 15) is 0 Å². The molecular formula is C69H66. The van der Waals surface area contributed by atoms with Crippen LogP contribution in [0, 0.1) is 0 Å². The molecule has 0 fully saturated rings. The normalized spacial score (nSPS) is 19.4. The van der Waals surface area contributed by atoms with Crippen LogP contribution in [0.25, 0.3) is 50.8 Å². The smallest absolute Gasteiger partial charge is 0.00226 e. The van der Waals surface area contributed by atoms with Crippen molar-refractivity contribution in [1.82, 2.24) is 0 Å². The van der Waals surface area contributed by atoms with Gasteiger partial charge in [0.15, 0.2) is 0 Å². The van der Waals surface area contributed by atoms with Crippen LogP contribution in [0.15, 0.2) is 266 Å². The molecule has 0 N–H and O–H groups in total. The zero-order chi connectivity index (χ0) is 48.5. The lowest BCUT2D eigenvalue weighted by Crippen LogP contribution is -2.28. The molecule has 3 aliphatic rings. The van der Waals surface area contributed by atoms with Gasteiger partial charge >= 0.3 is 0 Å². The van der Waals surface area contributed by atoms with E-state index in [-0.39, 0.29) is 0 Å². The van der Waals surface area contributed by atoms with Gasteiger partial charge in [0, 0.05) is 0 Å². The van der Waals surface area contributed by atoms with Gasteiger partial charge in [0.05, 0.1) is 0 Å². The summed E-state index contributed by atoms with van der Waals surface area (Å²) in [6.45, 7) is 26.6. The van der Waals surface area contributed by atoms with Crippen LogP contribution in [0.4, 0.5) is 0 Å². The molecule has 0 heterocycles. The van der Waals surface area contributed by atoms with Crippen LogP contribution in [-0.2, 0) is 12.8 Å². The van der Waals surface area contributed by atoms with Crippen LogP contribution in [-0.4, -0.2) is 0 Å². The molecule has 0 aromatic heterocycles. The van der Waals surface area contributed by atoms with Crippen molar-refractivity contribution in [2.24, 2.45) is 0 Å². The Labute approximate surface area is 413 Å². The molecule has 69 heavy (non-hydrogen) atoms. The first kappa shape index (κ1) is 49.1. The first-order valence-corrected chi connectivity index (χ1v) is 24.6. The standard InChI is InChI=1S/C67H60.C2H6/c1-7-9-26-50(5)60(35-10-8-2)57-33-22-27-52(44-57)45-58-34-23-37-62(58)67(66-42-49(4)25-15-13-17-29-54-31-20-21-36-61(54)66)63-47-65(55-30-16-12-11-14-24-48(3)38-39-55)64(43-51(63)6)59-41-40-53-28-18-19-32-56(53)46-59;1-2/h8-15,17-22,24-28,30-44,46-47H,3-7,16,23,29,45H2,1-2H3;1-2H3/b10-8-,12-11-,17-13-,24-14-,25-15-,26-9-,39-38-,55-30+,60-35+,66-42+,67-63+;. The molecule has 0 radical (unpaired) electrons. The van der Waals surface area contributed by atoms with Crippen molar-refractivity contribution < 1.29 is 0 Å². The van der Waals surface area contributed by atoms with E-state index in [1.54, 1.807) is 0 Å². The summed E-state index contributed by atoms with van der Waals surface area (Å²) < 4.78 is 0. The summed E-state index contributed by atoms with van der Waals surface area (Å²) in [6, 6.07) is 38.0. The summed E-state index contributed by atoms with van der Waals surface area (Å²) in [6.07, 6.45) is 45.6. The molecule has 342 valence electrons. The van der Waals surface area contributed by atoms with Crippen molar-refractivity contribution in [2.75, 3.05) is 0 Å². The van der Waals surface area contributed by atoms with Crippen molar-refractivity contribution in [3.8, 4) is 11.1 Å². The van der Waals surface area contributed by atoms with E-state index < -0.39 is 0 Å². The number of fused-ring (bicyclic) bond motifs is 2. The Morgan fingerprint density at radius 2 is 1.43 bits per heavy atom. The van der Waals surface area contributed by atoms with Gasteiger partial charge in [0.25, 0.3) is 0 Å². The van der Waals surface area contributed by atoms with Crippen LogP contribution in [0.3, 0.4) is 0 Å². The summed E-state index contributed by atoms with van der Waals surface area (Å²) in [7, 11) is 0. The average Bonchev–Trinajstić information content (AvgIpc) is 3.83. The van der Waals surface area contributed by atoms with E-state index in [1.807, 2.05) is 13.8 Å². The van der Waals surface area contributed by atoms with Gasteiger partial charge in [-0.25, -0.2) is 0 Å². The Balaban J connectivity index is 0.00000347. The minimum atomic E-state index is 0.764. The summed E-state index contributed by atoms with van der Waals surface area (Å²) >= 11 is 0. The SMILES string of the molecule is C=C1/C=C\C=C/C/C=C(c2c/c(=C(C3=CCC=C3Cc3cccc(/C(=C/C=C\C)C(=C)/C=C\CC)c3)\C3=C\C(=C)/C=C\C=C/Cc4ccccc43)c(=C)cc2-c2ccc3ccccc3c2)\C=C/1.CC. The Morgan fingerprint density at radius 3 is 2.26 bits per heavy atom. The second-order valence-corrected chi connectivity index (χ2v) is 17.3. The van der Waals surface area contributed by atoms with Crippen molar-refractivity contribution in [3.05, 3.63) is 304 Å². The van der Waals surface area contributed by atoms with Gasteiger partial charge in [-0.1, -0.05) is 241 Å². The molecule has 0 aliphatic heterocycles. The number of allylic oxidation sites excluding steroid dienone is 27. The number of benzene rings is 5. The highest BCUT2D eigenvalue weighted by atomic mass is 14.3. The maximum Gasteiger partial charge on any atom is -0.00226 e. The Morgan fingerprint density at radius 1 is 0.652 bits per heavy atom. The monoisotopic (exact) mass is 895 g/mol. The lowest BCUT2D eigenvalue weighted by Gasteiger charge is -2.22. The van der Waals surface area contributed by atoms with Crippen molar-refractivity contribution in [1.29, 1.82) is 0 Å². The van der Waals surface area contributed by atoms with Gasteiger partial charge in [0.2, 0.25) is 0 Å². The molecule has 0 heteroatoms. The molecule has 0 spiro atoms. The Kier molecular flexibility index (Phi) is 17.3. The Hall–Kier alpha value is -7.80. The third kappa shape index (κ3) is 12.2. The molecule has 0 saturated heterocycles. The third-order valence-corrected chi connectivity index (χ3v) is 12.5. The highest BCUT2D eigenvalue weighted by Crippen LogP contribution is 2.41. The third-order valence-electron chi connectivity index (χ3n) is 12.5. The van der Waals surface area contributed by atoms with Gasteiger partial charge in [-0.3, -0.25) is 0 Å². The molecule has 5 aromatic carbocycles. The molecule has 0 unspecified atom stereocenters. The fourth-order valence-electron chi connectivity index (χ4n) is 9.12.